The van der Waals surface area contributed by atoms with Crippen LogP contribution in [0.25, 0.3) is 0 Å². The van der Waals surface area contributed by atoms with E-state index in [4.69, 9.17) is 31.3 Å². The number of pyridine rings is 1. The minimum Gasteiger partial charge on any atom is -0.481 e. The lowest BCUT2D eigenvalue weighted by molar-refractivity contribution is -0.135. The van der Waals surface area contributed by atoms with Crippen LogP contribution in [-0.2, 0) is 20.9 Å². The number of carbonyl (C=O) groups is 3. The van der Waals surface area contributed by atoms with Crippen molar-refractivity contribution in [1.82, 2.24) is 4.98 Å². The van der Waals surface area contributed by atoms with E-state index in [9.17, 15) is 4.79 Å². The smallest absolute Gasteiger partial charge is 0.341 e. The topological polar surface area (TPSA) is 166 Å². The SMILES string of the molecule is CC(=O)O.CC(=O)O.COC(=O)c1ccc(CN)nc1N. The fourth-order valence-corrected chi connectivity index (χ4v) is 0.913. The van der Waals surface area contributed by atoms with Gasteiger partial charge >= 0.3 is 5.97 Å². The van der Waals surface area contributed by atoms with E-state index in [0.717, 1.165) is 13.8 Å². The van der Waals surface area contributed by atoms with Crippen LogP contribution >= 0.6 is 0 Å². The number of carboxylic acids is 2. The van der Waals surface area contributed by atoms with Crippen LogP contribution in [0.2, 0.25) is 0 Å². The maximum absolute atomic E-state index is 11.1. The Morgan fingerprint density at radius 2 is 1.62 bits per heavy atom. The molecule has 0 aliphatic carbocycles. The summed E-state index contributed by atoms with van der Waals surface area (Å²) in [4.78, 5) is 33.0. The van der Waals surface area contributed by atoms with Gasteiger partial charge in [0, 0.05) is 20.4 Å². The van der Waals surface area contributed by atoms with Gasteiger partial charge in [-0.15, -0.1) is 0 Å². The Bertz CT molecular complexity index is 470. The van der Waals surface area contributed by atoms with Crippen molar-refractivity contribution < 1.29 is 29.3 Å². The largest absolute Gasteiger partial charge is 0.481 e. The average molecular weight is 301 g/mol. The van der Waals surface area contributed by atoms with Gasteiger partial charge < -0.3 is 26.4 Å². The molecule has 118 valence electrons. The van der Waals surface area contributed by atoms with Gasteiger partial charge in [-0.3, -0.25) is 9.59 Å². The second kappa shape index (κ2) is 11.2. The third kappa shape index (κ3) is 12.1. The fourth-order valence-electron chi connectivity index (χ4n) is 0.913. The number of ether oxygens (including phenoxy) is 1. The Kier molecular flexibility index (Phi) is 11.0. The van der Waals surface area contributed by atoms with E-state index in [1.807, 2.05) is 0 Å². The highest BCUT2D eigenvalue weighted by atomic mass is 16.5. The molecule has 0 aromatic carbocycles. The molecule has 9 heteroatoms. The molecule has 0 aliphatic rings. The molecule has 6 N–H and O–H groups in total. The summed E-state index contributed by atoms with van der Waals surface area (Å²) in [6.45, 7) is 2.46. The van der Waals surface area contributed by atoms with Crippen LogP contribution in [0.1, 0.15) is 29.9 Å². The van der Waals surface area contributed by atoms with Crippen molar-refractivity contribution in [2.24, 2.45) is 5.73 Å². The first-order chi connectivity index (χ1) is 9.65. The molecule has 9 nitrogen and oxygen atoms in total. The maximum atomic E-state index is 11.1. The van der Waals surface area contributed by atoms with Crippen LogP contribution in [0, 0.1) is 0 Å². The Morgan fingerprint density at radius 1 is 1.19 bits per heavy atom. The highest BCUT2D eigenvalue weighted by molar-refractivity contribution is 5.93. The van der Waals surface area contributed by atoms with Gasteiger partial charge in [0.2, 0.25) is 0 Å². The molecule has 21 heavy (non-hydrogen) atoms. The van der Waals surface area contributed by atoms with Crippen molar-refractivity contribution in [3.05, 3.63) is 23.4 Å². The highest BCUT2D eigenvalue weighted by Gasteiger charge is 2.10. The number of nitrogens with zero attached hydrogens (tertiary/aromatic N) is 1. The number of anilines is 1. The number of carboxylic acid groups (broad SMARTS) is 2. The number of hydrogen-bond acceptors (Lipinski definition) is 7. The highest BCUT2D eigenvalue weighted by Crippen LogP contribution is 2.10. The van der Waals surface area contributed by atoms with Gasteiger partial charge in [0.05, 0.1) is 12.8 Å². The Morgan fingerprint density at radius 3 is 1.90 bits per heavy atom. The summed E-state index contributed by atoms with van der Waals surface area (Å²) in [6.07, 6.45) is 0. The van der Waals surface area contributed by atoms with Crippen molar-refractivity contribution in [1.29, 1.82) is 0 Å². The molecule has 0 radical (unpaired) electrons. The number of esters is 1. The Hall–Kier alpha value is -2.68. The van der Waals surface area contributed by atoms with E-state index < -0.39 is 17.9 Å². The molecule has 1 heterocycles. The third-order valence-electron chi connectivity index (χ3n) is 1.60. The molecule has 0 spiro atoms. The second-order valence-electron chi connectivity index (χ2n) is 3.47. The average Bonchev–Trinajstić information content (AvgIpc) is 2.36. The second-order valence-corrected chi connectivity index (χ2v) is 3.47. The predicted molar refractivity (Wildman–Crippen MR) is 74.5 cm³/mol. The number of nitrogens with two attached hydrogens (primary N) is 2. The Labute approximate surface area is 121 Å². The van der Waals surface area contributed by atoms with E-state index >= 15 is 0 Å². The number of methoxy groups -OCH3 is 1. The first kappa shape index (κ1) is 20.6. The van der Waals surface area contributed by atoms with Crippen LogP contribution in [0.4, 0.5) is 5.82 Å². The van der Waals surface area contributed by atoms with Crippen LogP contribution in [-0.4, -0.2) is 40.2 Å². The lowest BCUT2D eigenvalue weighted by Gasteiger charge is -2.03. The molecule has 0 unspecified atom stereocenters. The first-order valence-corrected chi connectivity index (χ1v) is 5.58. The normalized spacial score (nSPS) is 8.38. The first-order valence-electron chi connectivity index (χ1n) is 5.58. The summed E-state index contributed by atoms with van der Waals surface area (Å²) < 4.78 is 4.50. The quantitative estimate of drug-likeness (QED) is 0.553. The molecular formula is C12H19N3O6. The Balaban J connectivity index is 0. The van der Waals surface area contributed by atoms with E-state index in [0.29, 0.717) is 12.2 Å². The number of carbonyl (C=O) groups excluding carboxylic acids is 1. The van der Waals surface area contributed by atoms with Crippen LogP contribution in [0.3, 0.4) is 0 Å². The van der Waals surface area contributed by atoms with Gasteiger partial charge in [-0.25, -0.2) is 9.78 Å². The molecule has 0 atom stereocenters. The standard InChI is InChI=1S/C8H11N3O2.2C2H4O2/c1-13-8(12)6-3-2-5(4-9)11-7(6)10;2*1-2(3)4/h2-3H,4,9H2,1H3,(H2,10,11);2*1H3,(H,3,4). The fraction of sp³-hybridized carbons (Fsp3) is 0.333. The number of rotatable bonds is 2. The zero-order valence-corrected chi connectivity index (χ0v) is 12.0. The van der Waals surface area contributed by atoms with Crippen molar-refractivity contribution in [3.8, 4) is 0 Å². The van der Waals surface area contributed by atoms with E-state index in [1.165, 1.54) is 7.11 Å². The summed E-state index contributed by atoms with van der Waals surface area (Å²) in [5.74, 6) is -2.01. The minimum absolute atomic E-state index is 0.148. The summed E-state index contributed by atoms with van der Waals surface area (Å²) in [5.41, 5.74) is 11.8. The summed E-state index contributed by atoms with van der Waals surface area (Å²) in [6, 6.07) is 3.19. The van der Waals surface area contributed by atoms with Gasteiger partial charge in [-0.05, 0) is 12.1 Å². The lowest BCUT2D eigenvalue weighted by atomic mass is 10.2. The molecule has 1 aromatic heterocycles. The molecule has 0 amide bonds. The number of aromatic nitrogens is 1. The summed E-state index contributed by atoms with van der Waals surface area (Å²) in [5, 5.41) is 14.8. The monoisotopic (exact) mass is 301 g/mol. The number of hydrogen-bond donors (Lipinski definition) is 4. The molecule has 0 bridgehead atoms. The van der Waals surface area contributed by atoms with Gasteiger partial charge in [0.25, 0.3) is 11.9 Å². The molecule has 0 saturated heterocycles. The molecule has 1 aromatic rings. The lowest BCUT2D eigenvalue weighted by Crippen LogP contribution is -2.09. The van der Waals surface area contributed by atoms with E-state index in [2.05, 4.69) is 9.72 Å². The van der Waals surface area contributed by atoms with Gasteiger partial charge in [-0.1, -0.05) is 0 Å². The number of nitrogen functional groups attached to an aromatic ring is 1. The van der Waals surface area contributed by atoms with Crippen LogP contribution in [0.15, 0.2) is 12.1 Å². The minimum atomic E-state index is -0.833. The molecule has 0 aliphatic heterocycles. The summed E-state index contributed by atoms with van der Waals surface area (Å²) in [7, 11) is 1.29. The molecule has 1 rings (SSSR count). The third-order valence-corrected chi connectivity index (χ3v) is 1.60. The van der Waals surface area contributed by atoms with Crippen molar-refractivity contribution in [2.45, 2.75) is 20.4 Å². The van der Waals surface area contributed by atoms with Crippen molar-refractivity contribution in [3.63, 3.8) is 0 Å². The zero-order valence-electron chi connectivity index (χ0n) is 12.0. The molecular weight excluding hydrogens is 282 g/mol. The van der Waals surface area contributed by atoms with Gasteiger partial charge in [-0.2, -0.15) is 0 Å². The van der Waals surface area contributed by atoms with Crippen molar-refractivity contribution >= 4 is 23.7 Å². The van der Waals surface area contributed by atoms with Gasteiger partial charge in [0.1, 0.15) is 11.4 Å². The number of aliphatic carboxylic acids is 2. The summed E-state index contributed by atoms with van der Waals surface area (Å²) >= 11 is 0. The molecule has 0 fully saturated rings. The zero-order chi connectivity index (χ0) is 17.0. The molecule has 0 saturated carbocycles. The van der Waals surface area contributed by atoms with Crippen LogP contribution in [0.5, 0.6) is 0 Å². The van der Waals surface area contributed by atoms with Crippen molar-refractivity contribution in [2.75, 3.05) is 12.8 Å². The maximum Gasteiger partial charge on any atom is 0.341 e. The predicted octanol–water partition coefficient (Wildman–Crippen LogP) is 0.0909. The van der Waals surface area contributed by atoms with E-state index in [-0.39, 0.29) is 11.4 Å². The van der Waals surface area contributed by atoms with E-state index in [1.54, 1.807) is 12.1 Å². The van der Waals surface area contributed by atoms with Crippen LogP contribution < -0.4 is 11.5 Å². The van der Waals surface area contributed by atoms with Gasteiger partial charge in [0.15, 0.2) is 0 Å².